The summed E-state index contributed by atoms with van der Waals surface area (Å²) in [5.74, 6) is 0.678. The lowest BCUT2D eigenvalue weighted by Crippen LogP contribution is -2.54. The summed E-state index contributed by atoms with van der Waals surface area (Å²) in [5, 5.41) is 9.45. The second kappa shape index (κ2) is 11.4. The van der Waals surface area contributed by atoms with Crippen molar-refractivity contribution in [2.45, 2.75) is 52.3 Å². The largest absolute Gasteiger partial charge is 0.444 e. The summed E-state index contributed by atoms with van der Waals surface area (Å²) < 4.78 is 5.33. The van der Waals surface area contributed by atoms with E-state index in [1.165, 1.54) is 11.3 Å². The van der Waals surface area contributed by atoms with E-state index < -0.39 is 17.2 Å². The van der Waals surface area contributed by atoms with Gasteiger partial charge in [-0.1, -0.05) is 24.3 Å². The van der Waals surface area contributed by atoms with E-state index in [1.54, 1.807) is 7.05 Å². The Labute approximate surface area is 197 Å². The Hall–Kier alpha value is -1.97. The Morgan fingerprint density at radius 2 is 1.67 bits per heavy atom. The van der Waals surface area contributed by atoms with E-state index >= 15 is 0 Å². The minimum absolute atomic E-state index is 0. The van der Waals surface area contributed by atoms with Gasteiger partial charge in [-0.25, -0.2) is 4.79 Å². The summed E-state index contributed by atoms with van der Waals surface area (Å²) in [5.41, 5.74) is 1.39. The third kappa shape index (κ3) is 9.23. The first-order chi connectivity index (χ1) is 13.6. The van der Waals surface area contributed by atoms with Crippen LogP contribution in [0.4, 0.5) is 10.5 Å². The molecule has 168 valence electrons. The van der Waals surface area contributed by atoms with Gasteiger partial charge in [0, 0.05) is 38.9 Å². The molecule has 1 aliphatic heterocycles. The summed E-state index contributed by atoms with van der Waals surface area (Å²) in [6.07, 6.45) is 3.94. The van der Waals surface area contributed by atoms with Gasteiger partial charge in [-0.3, -0.25) is 4.99 Å². The normalized spacial score (nSPS) is 14.2. The van der Waals surface area contributed by atoms with Crippen molar-refractivity contribution >= 4 is 41.7 Å². The molecule has 0 aliphatic carbocycles. The van der Waals surface area contributed by atoms with Crippen LogP contribution in [0.15, 0.2) is 41.4 Å². The topological polar surface area (TPSA) is 78.0 Å². The highest BCUT2D eigenvalue weighted by molar-refractivity contribution is 14.0. The van der Waals surface area contributed by atoms with Gasteiger partial charge in [0.15, 0.2) is 5.96 Å². The fourth-order valence-corrected chi connectivity index (χ4v) is 2.85. The third-order valence-electron chi connectivity index (χ3n) is 4.34. The summed E-state index contributed by atoms with van der Waals surface area (Å²) in [6.45, 7) is 12.5. The minimum atomic E-state index is -0.522. The molecule has 1 aromatic carbocycles. The number of anilines is 1. The number of halogens is 1. The van der Waals surface area contributed by atoms with Crippen molar-refractivity contribution in [3.05, 3.63) is 42.0 Å². The van der Waals surface area contributed by atoms with Crippen molar-refractivity contribution < 1.29 is 9.53 Å². The molecular formula is C22H36IN5O2. The average Bonchev–Trinajstić information content (AvgIpc) is 3.14. The Bertz CT molecular complexity index is 731. The molecule has 0 fully saturated rings. The predicted octanol–water partition coefficient (Wildman–Crippen LogP) is 3.65. The van der Waals surface area contributed by atoms with E-state index in [2.05, 4.69) is 62.3 Å². The van der Waals surface area contributed by atoms with Gasteiger partial charge < -0.3 is 25.6 Å². The van der Waals surface area contributed by atoms with Gasteiger partial charge >= 0.3 is 6.09 Å². The molecule has 7 nitrogen and oxygen atoms in total. The van der Waals surface area contributed by atoms with Crippen molar-refractivity contribution in [3.8, 4) is 0 Å². The van der Waals surface area contributed by atoms with Crippen molar-refractivity contribution in [1.29, 1.82) is 0 Å². The van der Waals surface area contributed by atoms with Gasteiger partial charge in [0.25, 0.3) is 0 Å². The number of aliphatic imine (C=N–C) groups is 1. The number of rotatable bonds is 6. The zero-order valence-corrected chi connectivity index (χ0v) is 21.2. The van der Waals surface area contributed by atoms with E-state index in [-0.39, 0.29) is 24.0 Å². The maximum absolute atomic E-state index is 12.0. The summed E-state index contributed by atoms with van der Waals surface area (Å²) in [6, 6.07) is 8.55. The molecule has 0 saturated carbocycles. The number of guanidine groups is 1. The highest BCUT2D eigenvalue weighted by Crippen LogP contribution is 2.17. The lowest BCUT2D eigenvalue weighted by molar-refractivity contribution is 0.0474. The van der Waals surface area contributed by atoms with Gasteiger partial charge in [-0.05, 0) is 52.3 Å². The molecule has 0 spiro atoms. The second-order valence-electron chi connectivity index (χ2n) is 8.83. The van der Waals surface area contributed by atoms with Crippen molar-refractivity contribution in [2.75, 3.05) is 31.6 Å². The Morgan fingerprint density at radius 3 is 2.20 bits per heavy atom. The molecule has 0 atom stereocenters. The maximum atomic E-state index is 12.0. The lowest BCUT2D eigenvalue weighted by atomic mass is 10.1. The molecule has 2 rings (SSSR count). The Balaban J connectivity index is 0.00000450. The molecule has 30 heavy (non-hydrogen) atoms. The quantitative estimate of drug-likeness (QED) is 0.227. The van der Waals surface area contributed by atoms with Crippen LogP contribution < -0.4 is 20.9 Å². The molecule has 0 bridgehead atoms. The number of nitrogens with zero attached hydrogens (tertiary/aromatic N) is 2. The predicted molar refractivity (Wildman–Crippen MR) is 135 cm³/mol. The van der Waals surface area contributed by atoms with E-state index in [9.17, 15) is 4.79 Å². The number of carbonyl (C=O) groups excluding carboxylic acids is 1. The molecule has 8 heteroatoms. The van der Waals surface area contributed by atoms with Crippen LogP contribution in [0.5, 0.6) is 0 Å². The smallest absolute Gasteiger partial charge is 0.408 e. The first-order valence-corrected chi connectivity index (χ1v) is 10.0. The van der Waals surface area contributed by atoms with Crippen LogP contribution in [0.25, 0.3) is 0 Å². The first-order valence-electron chi connectivity index (χ1n) is 10.0. The number of carbonyl (C=O) groups is 1. The first kappa shape index (κ1) is 26.1. The monoisotopic (exact) mass is 529 g/mol. The number of ether oxygens (including phenoxy) is 1. The van der Waals surface area contributed by atoms with Crippen LogP contribution in [0.2, 0.25) is 0 Å². The molecule has 0 radical (unpaired) electrons. The zero-order chi connectivity index (χ0) is 21.5. The molecule has 0 unspecified atom stereocenters. The molecule has 1 amide bonds. The molecule has 0 aromatic heterocycles. The fourth-order valence-electron chi connectivity index (χ4n) is 2.85. The Kier molecular flexibility index (Phi) is 9.93. The number of hydrogen-bond donors (Lipinski definition) is 3. The maximum Gasteiger partial charge on any atom is 0.408 e. The van der Waals surface area contributed by atoms with Gasteiger partial charge in [0.1, 0.15) is 5.60 Å². The molecule has 1 aromatic rings. The molecule has 3 N–H and O–H groups in total. The molecule has 0 saturated heterocycles. The highest BCUT2D eigenvalue weighted by Gasteiger charge is 2.24. The van der Waals surface area contributed by atoms with Crippen molar-refractivity contribution in [1.82, 2.24) is 16.0 Å². The lowest BCUT2D eigenvalue weighted by Gasteiger charge is -2.29. The molecular weight excluding hydrogens is 493 g/mol. The standard InChI is InChI=1S/C22H35N5O2.HI/c1-21(2,3)29-20(28)26-22(4,5)16-25-19(23-6)24-15-17-9-11-18(12-10-17)27-13-7-8-14-27;/h7-12H,13-16H2,1-6H3,(H,26,28)(H2,23,24,25);1H. The third-order valence-corrected chi connectivity index (χ3v) is 4.34. The van der Waals surface area contributed by atoms with Crippen molar-refractivity contribution in [2.24, 2.45) is 4.99 Å². The van der Waals surface area contributed by atoms with Crippen molar-refractivity contribution in [3.63, 3.8) is 0 Å². The van der Waals surface area contributed by atoms with Crippen LogP contribution in [0.1, 0.15) is 40.2 Å². The summed E-state index contributed by atoms with van der Waals surface area (Å²) in [4.78, 5) is 18.6. The van der Waals surface area contributed by atoms with Crippen LogP contribution in [-0.2, 0) is 11.3 Å². The second-order valence-corrected chi connectivity index (χ2v) is 8.83. The van der Waals surface area contributed by atoms with Crippen LogP contribution >= 0.6 is 24.0 Å². The fraction of sp³-hybridized carbons (Fsp3) is 0.545. The highest BCUT2D eigenvalue weighted by atomic mass is 127. The van der Waals surface area contributed by atoms with E-state index in [1.807, 2.05) is 34.6 Å². The van der Waals surface area contributed by atoms with Gasteiger partial charge in [0.05, 0.1) is 5.54 Å². The van der Waals surface area contributed by atoms with Gasteiger partial charge in [-0.2, -0.15) is 0 Å². The SMILES string of the molecule is CN=C(NCc1ccc(N2CC=CC2)cc1)NCC(C)(C)NC(=O)OC(C)(C)C.I. The summed E-state index contributed by atoms with van der Waals surface area (Å²) >= 11 is 0. The number of nitrogens with one attached hydrogen (secondary N) is 3. The van der Waals surface area contributed by atoms with Crippen LogP contribution in [0, 0.1) is 0 Å². The number of benzene rings is 1. The van der Waals surface area contributed by atoms with Gasteiger partial charge in [-0.15, -0.1) is 24.0 Å². The summed E-state index contributed by atoms with van der Waals surface area (Å²) in [7, 11) is 1.73. The number of amides is 1. The van der Waals surface area contributed by atoms with Gasteiger partial charge in [0.2, 0.25) is 0 Å². The minimum Gasteiger partial charge on any atom is -0.444 e. The molecule has 1 aliphatic rings. The zero-order valence-electron chi connectivity index (χ0n) is 18.9. The van der Waals surface area contributed by atoms with Crippen LogP contribution in [-0.4, -0.2) is 49.9 Å². The Morgan fingerprint density at radius 1 is 1.07 bits per heavy atom. The van der Waals surface area contributed by atoms with E-state index in [0.717, 1.165) is 13.1 Å². The van der Waals surface area contributed by atoms with Crippen LogP contribution in [0.3, 0.4) is 0 Å². The van der Waals surface area contributed by atoms with E-state index in [0.29, 0.717) is 19.0 Å². The average molecular weight is 529 g/mol. The number of alkyl carbamates (subject to hydrolysis) is 1. The molecule has 1 heterocycles. The van der Waals surface area contributed by atoms with E-state index in [4.69, 9.17) is 4.74 Å². The number of hydrogen-bond acceptors (Lipinski definition) is 4.